The fraction of sp³-hybridized carbons (Fsp3) is 0.438. The minimum absolute atomic E-state index is 0.0432. The number of nitrogens with one attached hydrogen (secondary N) is 1. The molecule has 114 valence electrons. The topological polar surface area (TPSA) is 67.6 Å². The summed E-state index contributed by atoms with van der Waals surface area (Å²) >= 11 is 0. The molecule has 0 aliphatic carbocycles. The number of benzene rings is 1. The molecule has 1 aliphatic rings. The van der Waals surface area contributed by atoms with Crippen molar-refractivity contribution in [3.63, 3.8) is 0 Å². The Morgan fingerprint density at radius 1 is 1.38 bits per heavy atom. The SMILES string of the molecule is C=CCOc1ccc(CN2CCC(C(=O)NN)CC2)cc1. The van der Waals surface area contributed by atoms with Crippen molar-refractivity contribution in [3.05, 3.63) is 42.5 Å². The van der Waals surface area contributed by atoms with E-state index < -0.39 is 0 Å². The van der Waals surface area contributed by atoms with Crippen molar-refractivity contribution in [2.45, 2.75) is 19.4 Å². The van der Waals surface area contributed by atoms with Gasteiger partial charge in [0.1, 0.15) is 12.4 Å². The number of piperidine rings is 1. The average molecular weight is 289 g/mol. The number of nitrogens with two attached hydrogens (primary N) is 1. The molecule has 1 aliphatic heterocycles. The van der Waals surface area contributed by atoms with Gasteiger partial charge < -0.3 is 4.74 Å². The van der Waals surface area contributed by atoms with Crippen molar-refractivity contribution >= 4 is 5.91 Å². The molecule has 5 nitrogen and oxygen atoms in total. The van der Waals surface area contributed by atoms with E-state index in [1.807, 2.05) is 12.1 Å². The molecule has 1 heterocycles. The van der Waals surface area contributed by atoms with E-state index in [0.717, 1.165) is 38.2 Å². The van der Waals surface area contributed by atoms with E-state index in [-0.39, 0.29) is 11.8 Å². The third-order valence-electron chi connectivity index (χ3n) is 3.80. The van der Waals surface area contributed by atoms with Crippen molar-refractivity contribution < 1.29 is 9.53 Å². The molecule has 3 N–H and O–H groups in total. The van der Waals surface area contributed by atoms with Gasteiger partial charge >= 0.3 is 0 Å². The number of nitrogens with zero attached hydrogens (tertiary/aromatic N) is 1. The summed E-state index contributed by atoms with van der Waals surface area (Å²) in [6, 6.07) is 8.12. The first-order valence-electron chi connectivity index (χ1n) is 7.28. The van der Waals surface area contributed by atoms with Crippen molar-refractivity contribution in [3.8, 4) is 5.75 Å². The first-order chi connectivity index (χ1) is 10.2. The number of hydrazine groups is 1. The number of ether oxygens (including phenoxy) is 1. The van der Waals surface area contributed by atoms with Crippen molar-refractivity contribution in [2.75, 3.05) is 19.7 Å². The highest BCUT2D eigenvalue weighted by Crippen LogP contribution is 2.20. The summed E-state index contributed by atoms with van der Waals surface area (Å²) in [5.74, 6) is 6.05. The van der Waals surface area contributed by atoms with Crippen LogP contribution in [0, 0.1) is 5.92 Å². The van der Waals surface area contributed by atoms with Gasteiger partial charge in [-0.15, -0.1) is 0 Å². The molecule has 1 amide bonds. The lowest BCUT2D eigenvalue weighted by molar-refractivity contribution is -0.126. The highest BCUT2D eigenvalue weighted by molar-refractivity contribution is 5.78. The lowest BCUT2D eigenvalue weighted by Crippen LogP contribution is -2.42. The summed E-state index contributed by atoms with van der Waals surface area (Å²) in [5.41, 5.74) is 3.50. The highest BCUT2D eigenvalue weighted by Gasteiger charge is 2.24. The maximum atomic E-state index is 11.5. The Balaban J connectivity index is 1.80. The van der Waals surface area contributed by atoms with Crippen LogP contribution in [0.5, 0.6) is 5.75 Å². The number of hydrogen-bond acceptors (Lipinski definition) is 4. The summed E-state index contributed by atoms with van der Waals surface area (Å²) in [5, 5.41) is 0. The van der Waals surface area contributed by atoms with Crippen LogP contribution in [0.25, 0.3) is 0 Å². The molecule has 0 unspecified atom stereocenters. The van der Waals surface area contributed by atoms with E-state index in [4.69, 9.17) is 10.6 Å². The Hall–Kier alpha value is -1.85. The number of amides is 1. The normalized spacial score (nSPS) is 16.4. The van der Waals surface area contributed by atoms with Crippen LogP contribution < -0.4 is 16.0 Å². The molecule has 0 atom stereocenters. The molecule has 0 radical (unpaired) electrons. The zero-order valence-electron chi connectivity index (χ0n) is 12.3. The molecule has 1 aromatic carbocycles. The smallest absolute Gasteiger partial charge is 0.237 e. The fourth-order valence-corrected chi connectivity index (χ4v) is 2.58. The quantitative estimate of drug-likeness (QED) is 0.360. The Morgan fingerprint density at radius 2 is 2.05 bits per heavy atom. The average Bonchev–Trinajstić information content (AvgIpc) is 2.54. The summed E-state index contributed by atoms with van der Waals surface area (Å²) in [4.78, 5) is 13.8. The molecule has 2 rings (SSSR count). The van der Waals surface area contributed by atoms with Gasteiger partial charge in [0, 0.05) is 12.5 Å². The predicted octanol–water partition coefficient (Wildman–Crippen LogP) is 1.45. The molecule has 0 saturated carbocycles. The van der Waals surface area contributed by atoms with Gasteiger partial charge in [-0.05, 0) is 43.6 Å². The van der Waals surface area contributed by atoms with Gasteiger partial charge in [-0.2, -0.15) is 0 Å². The molecule has 21 heavy (non-hydrogen) atoms. The van der Waals surface area contributed by atoms with Crippen LogP contribution in [0.1, 0.15) is 18.4 Å². The molecule has 5 heteroatoms. The Kier molecular flexibility index (Phi) is 5.78. The molecule has 1 fully saturated rings. The van der Waals surface area contributed by atoms with E-state index in [1.54, 1.807) is 6.08 Å². The molecule has 0 aromatic heterocycles. The van der Waals surface area contributed by atoms with E-state index >= 15 is 0 Å². The number of carbonyl (C=O) groups is 1. The van der Waals surface area contributed by atoms with Gasteiger partial charge in [0.05, 0.1) is 0 Å². The third kappa shape index (κ3) is 4.58. The minimum atomic E-state index is -0.0432. The Morgan fingerprint density at radius 3 is 2.62 bits per heavy atom. The summed E-state index contributed by atoms with van der Waals surface area (Å²) in [6.45, 7) is 6.90. The summed E-state index contributed by atoms with van der Waals surface area (Å²) in [7, 11) is 0. The van der Waals surface area contributed by atoms with Crippen LogP contribution >= 0.6 is 0 Å². The van der Waals surface area contributed by atoms with Crippen molar-refractivity contribution in [1.29, 1.82) is 0 Å². The molecule has 0 spiro atoms. The Bertz CT molecular complexity index is 465. The second-order valence-corrected chi connectivity index (χ2v) is 5.30. The lowest BCUT2D eigenvalue weighted by Gasteiger charge is -2.30. The van der Waals surface area contributed by atoms with E-state index in [1.165, 1.54) is 5.56 Å². The monoisotopic (exact) mass is 289 g/mol. The standard InChI is InChI=1S/C16H23N3O2/c1-2-11-21-15-5-3-13(4-6-15)12-19-9-7-14(8-10-19)16(20)18-17/h2-6,14H,1,7-12,17H2,(H,18,20). The van der Waals surface area contributed by atoms with E-state index in [2.05, 4.69) is 29.0 Å². The zero-order valence-corrected chi connectivity index (χ0v) is 12.3. The second-order valence-electron chi connectivity index (χ2n) is 5.30. The zero-order chi connectivity index (χ0) is 15.1. The summed E-state index contributed by atoms with van der Waals surface area (Å²) < 4.78 is 5.46. The summed E-state index contributed by atoms with van der Waals surface area (Å²) in [6.07, 6.45) is 3.46. The maximum absolute atomic E-state index is 11.5. The Labute approximate surface area is 125 Å². The van der Waals surface area contributed by atoms with Gasteiger partial charge in [-0.25, -0.2) is 5.84 Å². The maximum Gasteiger partial charge on any atom is 0.237 e. The van der Waals surface area contributed by atoms with E-state index in [0.29, 0.717) is 6.61 Å². The molecular formula is C16H23N3O2. The van der Waals surface area contributed by atoms with Gasteiger partial charge in [-0.3, -0.25) is 15.1 Å². The molecule has 0 bridgehead atoms. The number of hydrogen-bond donors (Lipinski definition) is 2. The van der Waals surface area contributed by atoms with Gasteiger partial charge in [0.25, 0.3) is 0 Å². The van der Waals surface area contributed by atoms with Gasteiger partial charge in [0.2, 0.25) is 5.91 Å². The van der Waals surface area contributed by atoms with Crippen LogP contribution in [0.3, 0.4) is 0 Å². The number of rotatable bonds is 6. The first kappa shape index (κ1) is 15.5. The molecule has 1 saturated heterocycles. The van der Waals surface area contributed by atoms with Gasteiger partial charge in [0.15, 0.2) is 0 Å². The number of likely N-dealkylation sites (tertiary alicyclic amines) is 1. The van der Waals surface area contributed by atoms with Crippen molar-refractivity contribution in [1.82, 2.24) is 10.3 Å². The van der Waals surface area contributed by atoms with E-state index in [9.17, 15) is 4.79 Å². The minimum Gasteiger partial charge on any atom is -0.490 e. The predicted molar refractivity (Wildman–Crippen MR) is 82.5 cm³/mol. The van der Waals surface area contributed by atoms with Crippen LogP contribution in [0.4, 0.5) is 0 Å². The highest BCUT2D eigenvalue weighted by atomic mass is 16.5. The molecular weight excluding hydrogens is 266 g/mol. The lowest BCUT2D eigenvalue weighted by atomic mass is 9.96. The fourth-order valence-electron chi connectivity index (χ4n) is 2.58. The van der Waals surface area contributed by atoms with Crippen LogP contribution in [0.2, 0.25) is 0 Å². The van der Waals surface area contributed by atoms with Crippen LogP contribution in [-0.2, 0) is 11.3 Å². The van der Waals surface area contributed by atoms with Gasteiger partial charge in [-0.1, -0.05) is 24.8 Å². The first-order valence-corrected chi connectivity index (χ1v) is 7.28. The largest absolute Gasteiger partial charge is 0.490 e. The van der Waals surface area contributed by atoms with Crippen LogP contribution in [0.15, 0.2) is 36.9 Å². The molecule has 1 aromatic rings. The van der Waals surface area contributed by atoms with Crippen molar-refractivity contribution in [2.24, 2.45) is 11.8 Å². The third-order valence-corrected chi connectivity index (χ3v) is 3.80. The number of carbonyl (C=O) groups excluding carboxylic acids is 1. The second kappa shape index (κ2) is 7.81. The van der Waals surface area contributed by atoms with Crippen LogP contribution in [-0.4, -0.2) is 30.5 Å².